The Balaban J connectivity index is 4.29. The van der Waals surface area contributed by atoms with Gasteiger partial charge in [-0.1, -0.05) is 43.6 Å². The van der Waals surface area contributed by atoms with Gasteiger partial charge in [0.25, 0.3) is 0 Å². The molecule has 0 amide bonds. The number of hydrogen-bond acceptors (Lipinski definition) is 1. The maximum Gasteiger partial charge on any atom is 0.0769 e. The highest BCUT2D eigenvalue weighted by atomic mass is 79.9. The summed E-state index contributed by atoms with van der Waals surface area (Å²) in [5, 5.41) is 9.98. The van der Waals surface area contributed by atoms with Crippen LogP contribution in [0.25, 0.3) is 0 Å². The molecule has 0 bridgehead atoms. The minimum Gasteiger partial charge on any atom is -0.389 e. The average Bonchev–Trinajstić information content (AvgIpc) is 1.85. The first-order chi connectivity index (χ1) is 4.80. The molecular formula is C9H19BrO. The van der Waals surface area contributed by atoms with Gasteiger partial charge in [0, 0.05) is 4.83 Å². The molecule has 0 spiro atoms. The van der Waals surface area contributed by atoms with Crippen molar-refractivity contribution >= 4 is 15.9 Å². The van der Waals surface area contributed by atoms with Crippen molar-refractivity contribution < 1.29 is 5.11 Å². The molecule has 0 aliphatic heterocycles. The first-order valence-electron chi connectivity index (χ1n) is 4.16. The van der Waals surface area contributed by atoms with Crippen LogP contribution in [0.2, 0.25) is 0 Å². The van der Waals surface area contributed by atoms with Gasteiger partial charge in [0.05, 0.1) is 5.60 Å². The highest BCUT2D eigenvalue weighted by Crippen LogP contribution is 2.30. The van der Waals surface area contributed by atoms with Crippen LogP contribution in [0.4, 0.5) is 0 Å². The number of alkyl halides is 1. The second-order valence-electron chi connectivity index (χ2n) is 4.03. The molecule has 2 atom stereocenters. The van der Waals surface area contributed by atoms with Crippen molar-refractivity contribution in [3.63, 3.8) is 0 Å². The molecule has 0 heterocycles. The van der Waals surface area contributed by atoms with Crippen molar-refractivity contribution in [1.29, 1.82) is 0 Å². The van der Waals surface area contributed by atoms with Crippen molar-refractivity contribution in [3.8, 4) is 0 Å². The van der Waals surface area contributed by atoms with Crippen LogP contribution in [-0.2, 0) is 0 Å². The van der Waals surface area contributed by atoms with E-state index in [0.29, 0.717) is 5.92 Å². The molecule has 0 saturated heterocycles. The summed E-state index contributed by atoms with van der Waals surface area (Å²) in [7, 11) is 0. The Hall–Kier alpha value is 0.440. The van der Waals surface area contributed by atoms with Gasteiger partial charge in [-0.3, -0.25) is 0 Å². The van der Waals surface area contributed by atoms with Gasteiger partial charge in [0.2, 0.25) is 0 Å². The monoisotopic (exact) mass is 222 g/mol. The van der Waals surface area contributed by atoms with E-state index in [1.807, 2.05) is 20.8 Å². The van der Waals surface area contributed by atoms with E-state index in [-0.39, 0.29) is 10.7 Å². The van der Waals surface area contributed by atoms with Crippen molar-refractivity contribution in [2.75, 3.05) is 0 Å². The molecule has 0 rings (SSSR count). The van der Waals surface area contributed by atoms with Crippen molar-refractivity contribution in [3.05, 3.63) is 0 Å². The van der Waals surface area contributed by atoms with Crippen LogP contribution in [-0.4, -0.2) is 15.5 Å². The molecule has 0 unspecified atom stereocenters. The highest BCUT2D eigenvalue weighted by molar-refractivity contribution is 9.09. The molecule has 1 N–H and O–H groups in total. The van der Waals surface area contributed by atoms with Crippen molar-refractivity contribution in [1.82, 2.24) is 0 Å². The molecule has 0 aromatic rings. The lowest BCUT2D eigenvalue weighted by molar-refractivity contribution is 0.00331. The second kappa shape index (κ2) is 3.90. The third kappa shape index (κ3) is 2.75. The number of rotatable bonds is 3. The van der Waals surface area contributed by atoms with Gasteiger partial charge < -0.3 is 5.11 Å². The van der Waals surface area contributed by atoms with E-state index in [1.165, 1.54) is 0 Å². The van der Waals surface area contributed by atoms with Crippen LogP contribution in [0, 0.1) is 11.8 Å². The Morgan fingerprint density at radius 3 is 1.64 bits per heavy atom. The summed E-state index contributed by atoms with van der Waals surface area (Å²) >= 11 is 3.51. The van der Waals surface area contributed by atoms with Gasteiger partial charge in [-0.2, -0.15) is 0 Å². The van der Waals surface area contributed by atoms with E-state index in [2.05, 4.69) is 29.8 Å². The Kier molecular flexibility index (Phi) is 4.06. The van der Waals surface area contributed by atoms with E-state index in [0.717, 1.165) is 0 Å². The summed E-state index contributed by atoms with van der Waals surface area (Å²) in [6.07, 6.45) is 0. The average molecular weight is 223 g/mol. The molecule has 0 radical (unpaired) electrons. The minimum absolute atomic E-state index is 0.176. The van der Waals surface area contributed by atoms with Crippen molar-refractivity contribution in [2.45, 2.75) is 45.0 Å². The van der Waals surface area contributed by atoms with Crippen molar-refractivity contribution in [2.24, 2.45) is 11.8 Å². The fourth-order valence-corrected chi connectivity index (χ4v) is 1.52. The van der Waals surface area contributed by atoms with Gasteiger partial charge in [0.15, 0.2) is 0 Å². The zero-order valence-electron chi connectivity index (χ0n) is 8.06. The first-order valence-corrected chi connectivity index (χ1v) is 5.08. The van der Waals surface area contributed by atoms with Crippen LogP contribution in [0.15, 0.2) is 0 Å². The van der Waals surface area contributed by atoms with E-state index < -0.39 is 5.60 Å². The van der Waals surface area contributed by atoms with Crippen LogP contribution in [0.5, 0.6) is 0 Å². The predicted molar refractivity (Wildman–Crippen MR) is 53.0 cm³/mol. The molecule has 68 valence electrons. The third-order valence-electron chi connectivity index (χ3n) is 2.31. The zero-order chi connectivity index (χ0) is 9.23. The molecule has 0 aliphatic carbocycles. The Labute approximate surface area is 78.3 Å². The van der Waals surface area contributed by atoms with Crippen LogP contribution >= 0.6 is 15.9 Å². The Morgan fingerprint density at radius 1 is 1.18 bits per heavy atom. The zero-order valence-corrected chi connectivity index (χ0v) is 9.64. The highest BCUT2D eigenvalue weighted by Gasteiger charge is 2.34. The summed E-state index contributed by atoms with van der Waals surface area (Å²) in [5.41, 5.74) is -0.603. The lowest BCUT2D eigenvalue weighted by Crippen LogP contribution is -2.43. The molecule has 1 nitrogen and oxygen atoms in total. The summed E-state index contributed by atoms with van der Waals surface area (Å²) in [4.78, 5) is 0.176. The fraction of sp³-hybridized carbons (Fsp3) is 1.00. The Bertz CT molecular complexity index is 119. The summed E-state index contributed by atoms with van der Waals surface area (Å²) in [5.74, 6) is 0.752. The lowest BCUT2D eigenvalue weighted by Gasteiger charge is -2.35. The quantitative estimate of drug-likeness (QED) is 0.729. The van der Waals surface area contributed by atoms with Crippen LogP contribution in [0.1, 0.15) is 34.6 Å². The molecule has 0 fully saturated rings. The smallest absolute Gasteiger partial charge is 0.0769 e. The Morgan fingerprint density at radius 2 is 1.55 bits per heavy atom. The molecule has 0 aromatic heterocycles. The summed E-state index contributed by atoms with van der Waals surface area (Å²) in [6, 6.07) is 0. The SMILES string of the molecule is CC(C)[C@@H](Br)[C@@](C)(O)C(C)C. The van der Waals surface area contributed by atoms with Gasteiger partial charge in [-0.15, -0.1) is 0 Å². The van der Waals surface area contributed by atoms with Gasteiger partial charge in [-0.25, -0.2) is 0 Å². The largest absolute Gasteiger partial charge is 0.389 e. The van der Waals surface area contributed by atoms with Crippen LogP contribution < -0.4 is 0 Å². The normalized spacial score (nSPS) is 20.5. The van der Waals surface area contributed by atoms with E-state index in [4.69, 9.17) is 0 Å². The topological polar surface area (TPSA) is 20.2 Å². The standard InChI is InChI=1S/C9H19BrO/c1-6(2)8(10)9(5,11)7(3)4/h6-8,11H,1-5H3/t8-,9+/m1/s1. The summed E-state index contributed by atoms with van der Waals surface area (Å²) in [6.45, 7) is 10.2. The van der Waals surface area contributed by atoms with Gasteiger partial charge in [0.1, 0.15) is 0 Å². The first kappa shape index (κ1) is 11.4. The van der Waals surface area contributed by atoms with Gasteiger partial charge >= 0.3 is 0 Å². The third-order valence-corrected chi connectivity index (χ3v) is 4.30. The molecule has 11 heavy (non-hydrogen) atoms. The maximum absolute atomic E-state index is 9.98. The number of aliphatic hydroxyl groups is 1. The van der Waals surface area contributed by atoms with E-state index in [9.17, 15) is 5.11 Å². The minimum atomic E-state index is -0.603. The molecule has 2 heteroatoms. The van der Waals surface area contributed by atoms with E-state index in [1.54, 1.807) is 0 Å². The second-order valence-corrected chi connectivity index (χ2v) is 5.01. The van der Waals surface area contributed by atoms with Gasteiger partial charge in [-0.05, 0) is 18.8 Å². The molecule has 0 aromatic carbocycles. The number of hydrogen-bond donors (Lipinski definition) is 1. The fourth-order valence-electron chi connectivity index (χ4n) is 0.993. The molecular weight excluding hydrogens is 204 g/mol. The summed E-state index contributed by atoms with van der Waals surface area (Å²) < 4.78 is 0. The number of halogens is 1. The molecule has 0 saturated carbocycles. The van der Waals surface area contributed by atoms with E-state index >= 15 is 0 Å². The molecule has 0 aliphatic rings. The maximum atomic E-state index is 9.98. The van der Waals surface area contributed by atoms with Crippen LogP contribution in [0.3, 0.4) is 0 Å². The predicted octanol–water partition coefficient (Wildman–Crippen LogP) is 2.81. The lowest BCUT2D eigenvalue weighted by atomic mass is 9.84.